The first-order valence-corrected chi connectivity index (χ1v) is 4.23. The minimum atomic E-state index is 0.624. The van der Waals surface area contributed by atoms with E-state index < -0.39 is 0 Å². The molecule has 1 N–H and O–H groups in total. The van der Waals surface area contributed by atoms with Gasteiger partial charge in [-0.2, -0.15) is 0 Å². The molecule has 0 bridgehead atoms. The van der Waals surface area contributed by atoms with Crippen LogP contribution in [-0.2, 0) is 7.05 Å². The van der Waals surface area contributed by atoms with Crippen molar-refractivity contribution in [3.8, 4) is 11.6 Å². The molecule has 0 saturated heterocycles. The summed E-state index contributed by atoms with van der Waals surface area (Å²) in [4.78, 5) is 0. The van der Waals surface area contributed by atoms with Gasteiger partial charge in [0.2, 0.25) is 17.5 Å². The summed E-state index contributed by atoms with van der Waals surface area (Å²) in [6.45, 7) is 1.86. The molecule has 0 aliphatic carbocycles. The third-order valence-corrected chi connectivity index (χ3v) is 1.95. The van der Waals surface area contributed by atoms with Crippen molar-refractivity contribution in [1.29, 1.82) is 0 Å². The van der Waals surface area contributed by atoms with Crippen molar-refractivity contribution in [3.63, 3.8) is 0 Å². The van der Waals surface area contributed by atoms with Crippen molar-refractivity contribution in [2.24, 2.45) is 7.05 Å². The van der Waals surface area contributed by atoms with Gasteiger partial charge in [-0.1, -0.05) is 5.16 Å². The molecular formula is C8H11N5O. The zero-order valence-electron chi connectivity index (χ0n) is 8.27. The maximum absolute atomic E-state index is 5.09. The second-order valence-electron chi connectivity index (χ2n) is 2.99. The van der Waals surface area contributed by atoms with Crippen LogP contribution in [0.3, 0.4) is 0 Å². The lowest BCUT2D eigenvalue weighted by atomic mass is 10.4. The molecule has 2 aromatic heterocycles. The minimum absolute atomic E-state index is 0.624. The van der Waals surface area contributed by atoms with E-state index in [2.05, 4.69) is 20.7 Å². The predicted octanol–water partition coefficient (Wildman–Crippen LogP) is 0.820. The highest BCUT2D eigenvalue weighted by Gasteiger charge is 2.13. The molecule has 0 fully saturated rings. The van der Waals surface area contributed by atoms with E-state index in [-0.39, 0.29) is 0 Å². The number of nitrogens with zero attached hydrogens (tertiary/aromatic N) is 4. The monoisotopic (exact) mass is 193 g/mol. The van der Waals surface area contributed by atoms with Crippen LogP contribution < -0.4 is 5.32 Å². The maximum Gasteiger partial charge on any atom is 0.224 e. The van der Waals surface area contributed by atoms with Crippen LogP contribution >= 0.6 is 0 Å². The molecule has 0 aliphatic heterocycles. The van der Waals surface area contributed by atoms with Gasteiger partial charge in [0.05, 0.1) is 5.69 Å². The number of nitrogens with one attached hydrogen (secondary N) is 1. The first-order valence-electron chi connectivity index (χ1n) is 4.23. The summed E-state index contributed by atoms with van der Waals surface area (Å²) < 4.78 is 6.89. The van der Waals surface area contributed by atoms with Crippen molar-refractivity contribution < 1.29 is 4.52 Å². The average Bonchev–Trinajstić information content (AvgIpc) is 2.72. The number of anilines is 1. The number of rotatable bonds is 2. The molecule has 0 amide bonds. The summed E-state index contributed by atoms with van der Waals surface area (Å²) in [5.41, 5.74) is 0.828. The highest BCUT2D eigenvalue weighted by molar-refractivity contribution is 5.50. The lowest BCUT2D eigenvalue weighted by Gasteiger charge is -1.98. The van der Waals surface area contributed by atoms with Crippen LogP contribution in [0.25, 0.3) is 11.6 Å². The highest BCUT2D eigenvalue weighted by atomic mass is 16.5. The van der Waals surface area contributed by atoms with Gasteiger partial charge in [0.1, 0.15) is 0 Å². The van der Waals surface area contributed by atoms with E-state index >= 15 is 0 Å². The molecule has 0 radical (unpaired) electrons. The SMILES string of the molecule is CNc1nnc(-c2cc(C)no2)n1C. The summed E-state index contributed by atoms with van der Waals surface area (Å²) in [7, 11) is 3.65. The van der Waals surface area contributed by atoms with Crippen molar-refractivity contribution in [1.82, 2.24) is 19.9 Å². The Hall–Kier alpha value is -1.85. The Morgan fingerprint density at radius 2 is 2.21 bits per heavy atom. The van der Waals surface area contributed by atoms with E-state index in [1.165, 1.54) is 0 Å². The number of aromatic nitrogens is 4. The molecule has 0 spiro atoms. The van der Waals surface area contributed by atoms with E-state index in [4.69, 9.17) is 4.52 Å². The molecule has 14 heavy (non-hydrogen) atoms. The Balaban J connectivity index is 2.46. The van der Waals surface area contributed by atoms with Crippen LogP contribution in [-0.4, -0.2) is 27.0 Å². The molecule has 6 heteroatoms. The van der Waals surface area contributed by atoms with Gasteiger partial charge in [0, 0.05) is 20.2 Å². The molecular weight excluding hydrogens is 182 g/mol. The predicted molar refractivity (Wildman–Crippen MR) is 50.8 cm³/mol. The van der Waals surface area contributed by atoms with Crippen LogP contribution in [0, 0.1) is 6.92 Å². The van der Waals surface area contributed by atoms with Crippen LogP contribution in [0.1, 0.15) is 5.69 Å². The number of aryl methyl sites for hydroxylation is 1. The summed E-state index contributed by atoms with van der Waals surface area (Å²) in [5, 5.41) is 14.6. The molecule has 6 nitrogen and oxygen atoms in total. The molecule has 0 saturated carbocycles. The molecule has 2 rings (SSSR count). The van der Waals surface area contributed by atoms with E-state index in [1.807, 2.05) is 20.0 Å². The second-order valence-corrected chi connectivity index (χ2v) is 2.99. The fourth-order valence-corrected chi connectivity index (χ4v) is 1.23. The fraction of sp³-hybridized carbons (Fsp3) is 0.375. The molecule has 74 valence electrons. The summed E-state index contributed by atoms with van der Waals surface area (Å²) in [6.07, 6.45) is 0. The molecule has 0 aliphatic rings. The Bertz CT molecular complexity index is 444. The van der Waals surface area contributed by atoms with Crippen LogP contribution in [0.2, 0.25) is 0 Å². The van der Waals surface area contributed by atoms with Gasteiger partial charge >= 0.3 is 0 Å². The lowest BCUT2D eigenvalue weighted by molar-refractivity contribution is 0.423. The molecule has 0 atom stereocenters. The number of hydrogen-bond donors (Lipinski definition) is 1. The number of hydrogen-bond acceptors (Lipinski definition) is 5. The van der Waals surface area contributed by atoms with Gasteiger partial charge in [0.15, 0.2) is 0 Å². The second kappa shape index (κ2) is 3.13. The van der Waals surface area contributed by atoms with Crippen LogP contribution in [0.4, 0.5) is 5.95 Å². The molecule has 0 unspecified atom stereocenters. The van der Waals surface area contributed by atoms with Gasteiger partial charge in [-0.3, -0.25) is 4.57 Å². The summed E-state index contributed by atoms with van der Waals surface area (Å²) >= 11 is 0. The third kappa shape index (κ3) is 1.24. The average molecular weight is 193 g/mol. The first kappa shape index (κ1) is 8.74. The quantitative estimate of drug-likeness (QED) is 0.764. The van der Waals surface area contributed by atoms with Gasteiger partial charge in [0.25, 0.3) is 0 Å². The molecule has 2 heterocycles. The van der Waals surface area contributed by atoms with Gasteiger partial charge in [-0.05, 0) is 6.92 Å². The van der Waals surface area contributed by atoms with E-state index in [0.717, 1.165) is 5.69 Å². The molecule has 0 aromatic carbocycles. The highest BCUT2D eigenvalue weighted by Crippen LogP contribution is 2.19. The van der Waals surface area contributed by atoms with Crippen molar-refractivity contribution in [2.45, 2.75) is 6.92 Å². The van der Waals surface area contributed by atoms with Crippen molar-refractivity contribution >= 4 is 5.95 Å². The summed E-state index contributed by atoms with van der Waals surface area (Å²) in [6, 6.07) is 1.82. The van der Waals surface area contributed by atoms with Gasteiger partial charge in [-0.25, -0.2) is 0 Å². The Morgan fingerprint density at radius 3 is 2.71 bits per heavy atom. The van der Waals surface area contributed by atoms with Crippen molar-refractivity contribution in [3.05, 3.63) is 11.8 Å². The zero-order valence-corrected chi connectivity index (χ0v) is 8.27. The topological polar surface area (TPSA) is 68.8 Å². The molecule has 2 aromatic rings. The smallest absolute Gasteiger partial charge is 0.224 e. The first-order chi connectivity index (χ1) is 6.72. The largest absolute Gasteiger partial charge is 0.357 e. The normalized spacial score (nSPS) is 10.5. The van der Waals surface area contributed by atoms with E-state index in [1.54, 1.807) is 11.6 Å². The Labute approximate surface area is 80.9 Å². The Morgan fingerprint density at radius 1 is 1.43 bits per heavy atom. The minimum Gasteiger partial charge on any atom is -0.357 e. The van der Waals surface area contributed by atoms with Crippen molar-refractivity contribution in [2.75, 3.05) is 12.4 Å². The maximum atomic E-state index is 5.09. The Kier molecular flexibility index (Phi) is 1.95. The summed E-state index contributed by atoms with van der Waals surface area (Å²) in [5.74, 6) is 1.98. The standard InChI is InChI=1S/C8H11N5O/c1-5-4-6(14-12-5)7-10-11-8(9-2)13(7)3/h4H,1-3H3,(H,9,11). The van der Waals surface area contributed by atoms with E-state index in [9.17, 15) is 0 Å². The van der Waals surface area contributed by atoms with Crippen LogP contribution in [0.5, 0.6) is 0 Å². The fourth-order valence-electron chi connectivity index (χ4n) is 1.23. The van der Waals surface area contributed by atoms with Gasteiger partial charge in [-0.15, -0.1) is 10.2 Å². The van der Waals surface area contributed by atoms with Crippen LogP contribution in [0.15, 0.2) is 10.6 Å². The lowest BCUT2D eigenvalue weighted by Crippen LogP contribution is -1.99. The third-order valence-electron chi connectivity index (χ3n) is 1.95. The van der Waals surface area contributed by atoms with E-state index in [0.29, 0.717) is 17.5 Å². The van der Waals surface area contributed by atoms with Gasteiger partial charge < -0.3 is 9.84 Å². The zero-order chi connectivity index (χ0) is 10.1.